The number of aryl methyl sites for hydroxylation is 1. The number of likely N-dealkylation sites (tertiary alicyclic amines) is 1. The van der Waals surface area contributed by atoms with Gasteiger partial charge in [-0.3, -0.25) is 14.1 Å². The number of anilines is 1. The molecule has 0 radical (unpaired) electrons. The Hall–Kier alpha value is -2.41. The van der Waals surface area contributed by atoms with Crippen molar-refractivity contribution in [3.05, 3.63) is 59.9 Å². The van der Waals surface area contributed by atoms with Crippen LogP contribution in [-0.2, 0) is 27.7 Å². The molecular formula is C21H25N3O3S. The van der Waals surface area contributed by atoms with Gasteiger partial charge in [0.2, 0.25) is 15.9 Å². The van der Waals surface area contributed by atoms with E-state index in [-0.39, 0.29) is 12.5 Å². The van der Waals surface area contributed by atoms with Crippen LogP contribution in [0.15, 0.2) is 48.8 Å². The van der Waals surface area contributed by atoms with Gasteiger partial charge in [-0.1, -0.05) is 18.2 Å². The summed E-state index contributed by atoms with van der Waals surface area (Å²) in [6.45, 7) is 1.42. The van der Waals surface area contributed by atoms with Crippen LogP contribution in [0.25, 0.3) is 0 Å². The molecular weight excluding hydrogens is 374 g/mol. The van der Waals surface area contributed by atoms with E-state index < -0.39 is 15.3 Å². The predicted molar refractivity (Wildman–Crippen MR) is 109 cm³/mol. The maximum atomic E-state index is 13.3. The van der Waals surface area contributed by atoms with E-state index in [0.717, 1.165) is 29.7 Å². The van der Waals surface area contributed by atoms with Crippen molar-refractivity contribution < 1.29 is 13.2 Å². The normalized spacial score (nSPS) is 19.5. The minimum Gasteiger partial charge on any atom is -0.341 e. The van der Waals surface area contributed by atoms with Crippen LogP contribution in [-0.4, -0.2) is 49.1 Å². The molecule has 0 saturated carbocycles. The van der Waals surface area contributed by atoms with Gasteiger partial charge in [0.1, 0.15) is 0 Å². The molecule has 7 heteroatoms. The summed E-state index contributed by atoms with van der Waals surface area (Å²) in [5, 5.41) is -0.530. The van der Waals surface area contributed by atoms with Crippen molar-refractivity contribution in [3.63, 3.8) is 0 Å². The average molecular weight is 400 g/mol. The number of hydrogen-bond acceptors (Lipinski definition) is 4. The summed E-state index contributed by atoms with van der Waals surface area (Å²) in [6.07, 6.45) is 6.55. The average Bonchev–Trinajstić information content (AvgIpc) is 3.18. The summed E-state index contributed by atoms with van der Waals surface area (Å²) in [6, 6.07) is 11.5. The van der Waals surface area contributed by atoms with Crippen molar-refractivity contribution in [3.8, 4) is 0 Å². The number of hydrogen-bond donors (Lipinski definition) is 0. The third-order valence-electron chi connectivity index (χ3n) is 5.68. The molecule has 1 aromatic heterocycles. The lowest BCUT2D eigenvalue weighted by Gasteiger charge is -2.35. The van der Waals surface area contributed by atoms with Gasteiger partial charge in [0.25, 0.3) is 0 Å². The van der Waals surface area contributed by atoms with Crippen LogP contribution >= 0.6 is 0 Å². The molecule has 1 saturated heterocycles. The summed E-state index contributed by atoms with van der Waals surface area (Å²) in [5.74, 6) is 0.0264. The van der Waals surface area contributed by atoms with Gasteiger partial charge in [0, 0.05) is 38.4 Å². The fraction of sp³-hybridized carbons (Fsp3) is 0.429. The molecule has 28 heavy (non-hydrogen) atoms. The maximum Gasteiger partial charge on any atom is 0.239 e. The van der Waals surface area contributed by atoms with Crippen molar-refractivity contribution in [2.45, 2.75) is 37.4 Å². The Morgan fingerprint density at radius 2 is 1.89 bits per heavy atom. The van der Waals surface area contributed by atoms with Gasteiger partial charge < -0.3 is 4.90 Å². The smallest absolute Gasteiger partial charge is 0.239 e. The Balaban J connectivity index is 1.42. The number of piperidine rings is 1. The first-order valence-corrected chi connectivity index (χ1v) is 11.3. The predicted octanol–water partition coefficient (Wildman–Crippen LogP) is 2.40. The number of fused-ring (bicyclic) bond motifs is 1. The molecule has 2 aliphatic heterocycles. The number of pyridine rings is 1. The molecule has 2 aliphatic rings. The quantitative estimate of drug-likeness (QED) is 0.774. The first-order chi connectivity index (χ1) is 13.6. The zero-order valence-electron chi connectivity index (χ0n) is 15.8. The molecule has 3 heterocycles. The van der Waals surface area contributed by atoms with Crippen LogP contribution in [0.2, 0.25) is 0 Å². The fourth-order valence-electron chi connectivity index (χ4n) is 4.12. The minimum atomic E-state index is -3.48. The highest BCUT2D eigenvalue weighted by Gasteiger charge is 2.38. The second-order valence-electron chi connectivity index (χ2n) is 7.46. The number of carbonyl (C=O) groups excluding carboxylic acids is 1. The molecule has 1 unspecified atom stereocenters. The van der Waals surface area contributed by atoms with Gasteiger partial charge in [-0.2, -0.15) is 0 Å². The van der Waals surface area contributed by atoms with E-state index in [1.54, 1.807) is 21.6 Å². The standard InChI is InChI=1S/C21H25N3O3S/c25-21(8-7-17-9-12-22-13-10-17)23-14-3-5-19(16-23)28(26,27)24-15-11-18-4-1-2-6-20(18)24/h1-2,4,6,9-10,12-13,19H,3,5,7-8,11,14-16H2. The molecule has 1 amide bonds. The first kappa shape index (κ1) is 18.9. The highest BCUT2D eigenvalue weighted by Crippen LogP contribution is 2.33. The van der Waals surface area contributed by atoms with E-state index in [1.807, 2.05) is 36.4 Å². The molecule has 4 rings (SSSR count). The Morgan fingerprint density at radius 1 is 1.11 bits per heavy atom. The number of benzene rings is 1. The number of sulfonamides is 1. The minimum absolute atomic E-state index is 0.0264. The van der Waals surface area contributed by atoms with E-state index in [1.165, 1.54) is 0 Å². The second-order valence-corrected chi connectivity index (χ2v) is 9.59. The number of amides is 1. The van der Waals surface area contributed by atoms with Crippen LogP contribution in [0.1, 0.15) is 30.4 Å². The fourth-order valence-corrected chi connectivity index (χ4v) is 6.11. The monoisotopic (exact) mass is 399 g/mol. The number of aromatic nitrogens is 1. The molecule has 0 bridgehead atoms. The Kier molecular flexibility index (Phi) is 5.35. The lowest BCUT2D eigenvalue weighted by molar-refractivity contribution is -0.131. The van der Waals surface area contributed by atoms with Crippen LogP contribution in [0, 0.1) is 0 Å². The zero-order chi connectivity index (χ0) is 19.6. The highest BCUT2D eigenvalue weighted by atomic mass is 32.2. The van der Waals surface area contributed by atoms with Crippen molar-refractivity contribution in [1.29, 1.82) is 0 Å². The highest BCUT2D eigenvalue weighted by molar-refractivity contribution is 7.93. The van der Waals surface area contributed by atoms with Crippen LogP contribution < -0.4 is 4.31 Å². The maximum absolute atomic E-state index is 13.3. The molecule has 0 aliphatic carbocycles. The van der Waals surface area contributed by atoms with Gasteiger partial charge in [-0.15, -0.1) is 0 Å². The van der Waals surface area contributed by atoms with E-state index in [4.69, 9.17) is 0 Å². The molecule has 0 spiro atoms. The van der Waals surface area contributed by atoms with E-state index in [0.29, 0.717) is 32.4 Å². The number of rotatable bonds is 5. The van der Waals surface area contributed by atoms with Crippen LogP contribution in [0.5, 0.6) is 0 Å². The Bertz CT molecular complexity index is 946. The van der Waals surface area contributed by atoms with Crippen molar-refractivity contribution in [2.75, 3.05) is 23.9 Å². The molecule has 6 nitrogen and oxygen atoms in total. The summed E-state index contributed by atoms with van der Waals surface area (Å²) in [5.41, 5.74) is 2.94. The van der Waals surface area contributed by atoms with Gasteiger partial charge in [-0.05, 0) is 55.0 Å². The summed E-state index contributed by atoms with van der Waals surface area (Å²) in [4.78, 5) is 18.4. The molecule has 2 aromatic rings. The third-order valence-corrected chi connectivity index (χ3v) is 7.90. The molecule has 148 valence electrons. The van der Waals surface area contributed by atoms with Gasteiger partial charge in [0.05, 0.1) is 10.9 Å². The summed E-state index contributed by atoms with van der Waals surface area (Å²) < 4.78 is 28.1. The van der Waals surface area contributed by atoms with E-state index in [2.05, 4.69) is 4.98 Å². The SMILES string of the molecule is O=C(CCc1ccncc1)N1CCCC(S(=O)(=O)N2CCc3ccccc32)C1. The van der Waals surface area contributed by atoms with Crippen molar-refractivity contribution in [1.82, 2.24) is 9.88 Å². The molecule has 1 aromatic carbocycles. The first-order valence-electron chi connectivity index (χ1n) is 9.82. The Labute approximate surface area is 166 Å². The second kappa shape index (κ2) is 7.91. The largest absolute Gasteiger partial charge is 0.341 e. The molecule has 0 N–H and O–H groups in total. The topological polar surface area (TPSA) is 70.6 Å². The van der Waals surface area contributed by atoms with Gasteiger partial charge >= 0.3 is 0 Å². The lowest BCUT2D eigenvalue weighted by Crippen LogP contribution is -2.49. The number of nitrogens with zero attached hydrogens (tertiary/aromatic N) is 3. The zero-order valence-corrected chi connectivity index (χ0v) is 16.6. The number of carbonyl (C=O) groups is 1. The summed E-state index contributed by atoms with van der Waals surface area (Å²) in [7, 11) is -3.48. The summed E-state index contributed by atoms with van der Waals surface area (Å²) >= 11 is 0. The Morgan fingerprint density at radius 3 is 2.71 bits per heavy atom. The molecule has 1 fully saturated rings. The number of para-hydroxylation sites is 1. The van der Waals surface area contributed by atoms with Crippen molar-refractivity contribution >= 4 is 21.6 Å². The van der Waals surface area contributed by atoms with Crippen molar-refractivity contribution in [2.24, 2.45) is 0 Å². The van der Waals surface area contributed by atoms with Gasteiger partial charge in [-0.25, -0.2) is 8.42 Å². The molecule has 1 atom stereocenters. The van der Waals surface area contributed by atoms with E-state index in [9.17, 15) is 13.2 Å². The third kappa shape index (κ3) is 3.76. The van der Waals surface area contributed by atoms with Crippen LogP contribution in [0.3, 0.4) is 0 Å². The lowest BCUT2D eigenvalue weighted by atomic mass is 10.1. The van der Waals surface area contributed by atoms with Gasteiger partial charge in [0.15, 0.2) is 0 Å². The van der Waals surface area contributed by atoms with Crippen LogP contribution in [0.4, 0.5) is 5.69 Å². The van der Waals surface area contributed by atoms with E-state index >= 15 is 0 Å².